The van der Waals surface area contributed by atoms with Gasteiger partial charge < -0.3 is 15.0 Å². The average Bonchev–Trinajstić information content (AvgIpc) is 3.44. The molecule has 2 N–H and O–H groups in total. The van der Waals surface area contributed by atoms with Crippen LogP contribution in [0.5, 0.6) is 0 Å². The molecular formula is C20H21N5O2S2. The second-order valence-electron chi connectivity index (χ2n) is 7.32. The number of aromatic nitrogens is 4. The molecule has 4 heterocycles. The van der Waals surface area contributed by atoms with E-state index in [9.17, 15) is 4.21 Å². The maximum atomic E-state index is 12.7. The number of hydrogen-bond donors (Lipinski definition) is 1. The fourth-order valence-corrected chi connectivity index (χ4v) is 6.13. The van der Waals surface area contributed by atoms with Gasteiger partial charge in [-0.2, -0.15) is 0 Å². The predicted octanol–water partition coefficient (Wildman–Crippen LogP) is 3.46. The zero-order valence-electron chi connectivity index (χ0n) is 16.2. The molecule has 0 unspecified atom stereocenters. The Bertz CT molecular complexity index is 1260. The van der Waals surface area contributed by atoms with Crippen molar-refractivity contribution >= 4 is 49.2 Å². The number of imidazole rings is 1. The Morgan fingerprint density at radius 2 is 2.17 bits per heavy atom. The first kappa shape index (κ1) is 18.7. The number of nitrogen functional groups attached to an aromatic ring is 1. The molecule has 0 amide bonds. The van der Waals surface area contributed by atoms with Crippen molar-refractivity contribution in [3.8, 4) is 11.3 Å². The normalized spacial score (nSPS) is 15.4. The standard InChI is InChI=1S/C20H21N5O2S2/c1-25-10-23-18-15(25)7-12(9-22-18)14-8-13(11-3-4-11)16-17(21)20(28-19(16)24-14)29(26)6-5-27-2/h7-11H,3-6,21H2,1-2H3/t29-/m0/s1. The van der Waals surface area contributed by atoms with E-state index in [0.29, 0.717) is 28.2 Å². The predicted molar refractivity (Wildman–Crippen MR) is 117 cm³/mol. The number of anilines is 1. The number of methoxy groups -OCH3 is 1. The number of hydrogen-bond acceptors (Lipinski definition) is 7. The molecule has 1 aliphatic rings. The zero-order chi connectivity index (χ0) is 20.1. The van der Waals surface area contributed by atoms with Crippen molar-refractivity contribution < 1.29 is 8.95 Å². The first-order valence-electron chi connectivity index (χ1n) is 9.44. The Kier molecular flexibility index (Phi) is 4.60. The lowest BCUT2D eigenvalue weighted by molar-refractivity contribution is 0.218. The van der Waals surface area contributed by atoms with Gasteiger partial charge >= 0.3 is 0 Å². The maximum Gasteiger partial charge on any atom is 0.177 e. The molecule has 29 heavy (non-hydrogen) atoms. The molecule has 7 nitrogen and oxygen atoms in total. The third-order valence-electron chi connectivity index (χ3n) is 5.27. The third-order valence-corrected chi connectivity index (χ3v) is 8.14. The highest BCUT2D eigenvalue weighted by Gasteiger charge is 2.30. The lowest BCUT2D eigenvalue weighted by Crippen LogP contribution is -2.04. The monoisotopic (exact) mass is 427 g/mol. The van der Waals surface area contributed by atoms with Crippen molar-refractivity contribution in [1.29, 1.82) is 0 Å². The molecule has 4 aromatic rings. The molecule has 5 rings (SSSR count). The molecule has 1 saturated carbocycles. The molecular weight excluding hydrogens is 406 g/mol. The molecule has 0 aromatic carbocycles. The van der Waals surface area contributed by atoms with Crippen LogP contribution in [0.2, 0.25) is 0 Å². The highest BCUT2D eigenvalue weighted by Crippen LogP contribution is 2.48. The van der Waals surface area contributed by atoms with Gasteiger partial charge in [-0.3, -0.25) is 4.21 Å². The number of nitrogens with zero attached hydrogens (tertiary/aromatic N) is 4. The molecule has 4 aromatic heterocycles. The number of thiophene rings is 1. The van der Waals surface area contributed by atoms with Crippen LogP contribution in [0.15, 0.2) is 28.9 Å². The van der Waals surface area contributed by atoms with E-state index in [2.05, 4.69) is 22.1 Å². The van der Waals surface area contributed by atoms with Gasteiger partial charge in [0.05, 0.1) is 46.4 Å². The van der Waals surface area contributed by atoms with Crippen LogP contribution in [0, 0.1) is 0 Å². The first-order chi connectivity index (χ1) is 14.1. The highest BCUT2D eigenvalue weighted by molar-refractivity contribution is 7.87. The Morgan fingerprint density at radius 3 is 2.93 bits per heavy atom. The van der Waals surface area contributed by atoms with Crippen LogP contribution in [0.4, 0.5) is 5.69 Å². The van der Waals surface area contributed by atoms with Crippen LogP contribution in [0.1, 0.15) is 24.3 Å². The van der Waals surface area contributed by atoms with Gasteiger partial charge in [-0.1, -0.05) is 0 Å². The summed E-state index contributed by atoms with van der Waals surface area (Å²) in [6.07, 6.45) is 5.87. The van der Waals surface area contributed by atoms with E-state index >= 15 is 0 Å². The number of pyridine rings is 2. The molecule has 150 valence electrons. The van der Waals surface area contributed by atoms with Gasteiger partial charge in [-0.05, 0) is 36.5 Å². The highest BCUT2D eigenvalue weighted by atomic mass is 32.2. The molecule has 1 atom stereocenters. The summed E-state index contributed by atoms with van der Waals surface area (Å²) in [6.45, 7) is 0.435. The van der Waals surface area contributed by atoms with E-state index in [4.69, 9.17) is 15.5 Å². The van der Waals surface area contributed by atoms with E-state index < -0.39 is 10.8 Å². The number of rotatable bonds is 6. The average molecular weight is 428 g/mol. The molecule has 0 bridgehead atoms. The summed E-state index contributed by atoms with van der Waals surface area (Å²) >= 11 is 1.43. The summed E-state index contributed by atoms with van der Waals surface area (Å²) in [6, 6.07) is 4.19. The quantitative estimate of drug-likeness (QED) is 0.506. The van der Waals surface area contributed by atoms with Gasteiger partial charge in [0.15, 0.2) is 5.65 Å². The van der Waals surface area contributed by atoms with Crippen molar-refractivity contribution in [3.63, 3.8) is 0 Å². The summed E-state index contributed by atoms with van der Waals surface area (Å²) in [5, 5.41) is 0.969. The molecule has 9 heteroatoms. The Hall–Kier alpha value is -2.36. The molecule has 0 spiro atoms. The maximum absolute atomic E-state index is 12.7. The molecule has 1 fully saturated rings. The van der Waals surface area contributed by atoms with Crippen molar-refractivity contribution in [2.45, 2.75) is 23.0 Å². The number of ether oxygens (including phenoxy) is 1. The van der Waals surface area contributed by atoms with Crippen LogP contribution in [-0.4, -0.2) is 43.2 Å². The number of aryl methyl sites for hydroxylation is 1. The minimum absolute atomic E-state index is 0.431. The van der Waals surface area contributed by atoms with Gasteiger partial charge in [0, 0.05) is 31.3 Å². The van der Waals surface area contributed by atoms with E-state index in [1.807, 2.05) is 17.8 Å². The molecule has 0 radical (unpaired) electrons. The Balaban J connectivity index is 1.67. The van der Waals surface area contributed by atoms with Gasteiger partial charge in [0.1, 0.15) is 9.04 Å². The smallest absolute Gasteiger partial charge is 0.177 e. The van der Waals surface area contributed by atoms with Crippen molar-refractivity contribution in [3.05, 3.63) is 30.2 Å². The van der Waals surface area contributed by atoms with Gasteiger partial charge in [0.2, 0.25) is 0 Å². The minimum atomic E-state index is -1.19. The van der Waals surface area contributed by atoms with Crippen LogP contribution >= 0.6 is 11.3 Å². The van der Waals surface area contributed by atoms with Crippen molar-refractivity contribution in [2.24, 2.45) is 7.05 Å². The van der Waals surface area contributed by atoms with Gasteiger partial charge in [0.25, 0.3) is 0 Å². The number of nitrogens with two attached hydrogens (primary N) is 1. The van der Waals surface area contributed by atoms with E-state index in [-0.39, 0.29) is 0 Å². The van der Waals surface area contributed by atoms with Crippen LogP contribution in [0.25, 0.3) is 32.6 Å². The van der Waals surface area contributed by atoms with E-state index in [1.165, 1.54) is 16.9 Å². The van der Waals surface area contributed by atoms with Crippen LogP contribution < -0.4 is 5.73 Å². The van der Waals surface area contributed by atoms with Gasteiger partial charge in [-0.25, -0.2) is 15.0 Å². The molecule has 0 saturated heterocycles. The lowest BCUT2D eigenvalue weighted by Gasteiger charge is -2.08. The fraction of sp³-hybridized carbons (Fsp3) is 0.350. The fourth-order valence-electron chi connectivity index (χ4n) is 3.56. The van der Waals surface area contributed by atoms with Crippen molar-refractivity contribution in [1.82, 2.24) is 19.5 Å². The van der Waals surface area contributed by atoms with Crippen LogP contribution in [0.3, 0.4) is 0 Å². The third kappa shape index (κ3) is 3.23. The van der Waals surface area contributed by atoms with E-state index in [0.717, 1.165) is 45.5 Å². The van der Waals surface area contributed by atoms with Crippen LogP contribution in [-0.2, 0) is 22.6 Å². The SMILES string of the molecule is COCC[S@](=O)c1sc2nc(-c3cnc4ncn(C)c4c3)cc(C3CC3)c2c1N. The zero-order valence-corrected chi connectivity index (χ0v) is 17.8. The number of fused-ring (bicyclic) bond motifs is 2. The summed E-state index contributed by atoms with van der Waals surface area (Å²) in [7, 11) is 2.37. The lowest BCUT2D eigenvalue weighted by atomic mass is 10.0. The second-order valence-corrected chi connectivity index (χ2v) is 10.1. The summed E-state index contributed by atoms with van der Waals surface area (Å²) < 4.78 is 20.4. The van der Waals surface area contributed by atoms with Gasteiger partial charge in [-0.15, -0.1) is 11.3 Å². The first-order valence-corrected chi connectivity index (χ1v) is 11.6. The Morgan fingerprint density at radius 1 is 1.34 bits per heavy atom. The molecule has 1 aliphatic carbocycles. The summed E-state index contributed by atoms with van der Waals surface area (Å²) in [5.41, 5.74) is 11.8. The summed E-state index contributed by atoms with van der Waals surface area (Å²) in [4.78, 5) is 14.5. The summed E-state index contributed by atoms with van der Waals surface area (Å²) in [5.74, 6) is 0.921. The molecule has 0 aliphatic heterocycles. The minimum Gasteiger partial charge on any atom is -0.396 e. The van der Waals surface area contributed by atoms with Crippen molar-refractivity contribution in [2.75, 3.05) is 25.2 Å². The van der Waals surface area contributed by atoms with E-state index in [1.54, 1.807) is 13.4 Å². The topological polar surface area (TPSA) is 95.9 Å². The second kappa shape index (κ2) is 7.16. The Labute approximate surface area is 174 Å². The largest absolute Gasteiger partial charge is 0.396 e.